The summed E-state index contributed by atoms with van der Waals surface area (Å²) in [7, 11) is 0. The maximum atomic E-state index is 11.3. The van der Waals surface area contributed by atoms with Gasteiger partial charge in [-0.3, -0.25) is 4.79 Å². The third-order valence-electron chi connectivity index (χ3n) is 5.97. The summed E-state index contributed by atoms with van der Waals surface area (Å²) >= 11 is 0. The van der Waals surface area contributed by atoms with E-state index in [4.69, 9.17) is 4.74 Å². The van der Waals surface area contributed by atoms with Crippen LogP contribution in [0.5, 0.6) is 0 Å². The molecule has 0 radical (unpaired) electrons. The van der Waals surface area contributed by atoms with Crippen molar-refractivity contribution in [1.29, 1.82) is 0 Å². The normalized spacial score (nSPS) is 26.3. The zero-order valence-corrected chi connectivity index (χ0v) is 17.4. The van der Waals surface area contributed by atoms with Crippen molar-refractivity contribution >= 4 is 5.97 Å². The SMILES string of the molecule is CCCCCC(O)CCC1C(O)CC(O)C1CCCCCCC(=O)OCC. The van der Waals surface area contributed by atoms with Gasteiger partial charge in [-0.25, -0.2) is 0 Å². The smallest absolute Gasteiger partial charge is 0.305 e. The molecule has 5 heteroatoms. The summed E-state index contributed by atoms with van der Waals surface area (Å²) in [4.78, 5) is 11.3. The van der Waals surface area contributed by atoms with Gasteiger partial charge in [-0.15, -0.1) is 0 Å². The Balaban J connectivity index is 2.25. The summed E-state index contributed by atoms with van der Waals surface area (Å²) < 4.78 is 4.93. The fourth-order valence-electron chi connectivity index (χ4n) is 4.38. The highest BCUT2D eigenvalue weighted by Crippen LogP contribution is 2.39. The second-order valence-electron chi connectivity index (χ2n) is 8.18. The van der Waals surface area contributed by atoms with Crippen molar-refractivity contribution in [2.24, 2.45) is 11.8 Å². The van der Waals surface area contributed by atoms with Gasteiger partial charge in [0.1, 0.15) is 0 Å². The van der Waals surface area contributed by atoms with Crippen LogP contribution in [-0.4, -0.2) is 46.2 Å². The summed E-state index contributed by atoms with van der Waals surface area (Å²) in [6.45, 7) is 4.42. The molecule has 5 atom stereocenters. The van der Waals surface area contributed by atoms with E-state index in [-0.39, 0.29) is 23.9 Å². The highest BCUT2D eigenvalue weighted by molar-refractivity contribution is 5.69. The van der Waals surface area contributed by atoms with E-state index >= 15 is 0 Å². The van der Waals surface area contributed by atoms with Crippen molar-refractivity contribution < 1.29 is 24.9 Å². The van der Waals surface area contributed by atoms with Gasteiger partial charge in [0.05, 0.1) is 24.9 Å². The Kier molecular flexibility index (Phi) is 13.0. The molecule has 0 aromatic carbocycles. The van der Waals surface area contributed by atoms with E-state index in [0.717, 1.165) is 64.2 Å². The number of carbonyl (C=O) groups excluding carboxylic acids is 1. The summed E-state index contributed by atoms with van der Waals surface area (Å²) in [5.74, 6) is 0.109. The number of rotatable bonds is 15. The predicted octanol–water partition coefficient (Wildman–Crippen LogP) is 3.97. The summed E-state index contributed by atoms with van der Waals surface area (Å²) in [5, 5.41) is 30.8. The van der Waals surface area contributed by atoms with Crippen LogP contribution in [0, 0.1) is 11.8 Å². The lowest BCUT2D eigenvalue weighted by molar-refractivity contribution is -0.143. The molecule has 1 rings (SSSR count). The molecule has 0 bridgehead atoms. The van der Waals surface area contributed by atoms with Gasteiger partial charge < -0.3 is 20.1 Å². The molecule has 0 amide bonds. The van der Waals surface area contributed by atoms with Gasteiger partial charge in [-0.1, -0.05) is 45.4 Å². The summed E-state index contributed by atoms with van der Waals surface area (Å²) in [6, 6.07) is 0. The molecule has 1 aliphatic rings. The molecule has 5 unspecified atom stereocenters. The molecule has 3 N–H and O–H groups in total. The zero-order chi connectivity index (χ0) is 20.1. The van der Waals surface area contributed by atoms with E-state index < -0.39 is 12.2 Å². The molecule has 5 nitrogen and oxygen atoms in total. The molecule has 1 aliphatic carbocycles. The third-order valence-corrected chi connectivity index (χ3v) is 5.97. The number of unbranched alkanes of at least 4 members (excludes halogenated alkanes) is 5. The van der Waals surface area contributed by atoms with Gasteiger partial charge in [0.25, 0.3) is 0 Å². The molecular formula is C22H42O5. The van der Waals surface area contributed by atoms with E-state index in [1.165, 1.54) is 0 Å². The summed E-state index contributed by atoms with van der Waals surface area (Å²) in [6.07, 6.45) is 10.3. The average molecular weight is 387 g/mol. The van der Waals surface area contributed by atoms with Gasteiger partial charge in [-0.2, -0.15) is 0 Å². The van der Waals surface area contributed by atoms with Crippen LogP contribution in [0.3, 0.4) is 0 Å². The molecule has 0 spiro atoms. The first-order chi connectivity index (χ1) is 13.0. The number of aliphatic hydroxyl groups is 3. The van der Waals surface area contributed by atoms with Crippen molar-refractivity contribution in [1.82, 2.24) is 0 Å². The maximum Gasteiger partial charge on any atom is 0.305 e. The molecule has 0 aromatic heterocycles. The average Bonchev–Trinajstić information content (AvgIpc) is 2.89. The quantitative estimate of drug-likeness (QED) is 0.293. The van der Waals surface area contributed by atoms with E-state index in [0.29, 0.717) is 25.9 Å². The number of hydrogen-bond donors (Lipinski definition) is 3. The second-order valence-corrected chi connectivity index (χ2v) is 8.18. The van der Waals surface area contributed by atoms with Crippen molar-refractivity contribution in [3.63, 3.8) is 0 Å². The molecular weight excluding hydrogens is 344 g/mol. The highest BCUT2D eigenvalue weighted by atomic mass is 16.5. The Morgan fingerprint density at radius 2 is 1.59 bits per heavy atom. The minimum atomic E-state index is -0.448. The van der Waals surface area contributed by atoms with Crippen LogP contribution in [0.25, 0.3) is 0 Å². The first-order valence-electron chi connectivity index (χ1n) is 11.2. The lowest BCUT2D eigenvalue weighted by Gasteiger charge is -2.24. The third kappa shape index (κ3) is 9.91. The number of carbonyl (C=O) groups is 1. The minimum Gasteiger partial charge on any atom is -0.466 e. The van der Waals surface area contributed by atoms with E-state index in [1.54, 1.807) is 0 Å². The Morgan fingerprint density at radius 3 is 2.26 bits per heavy atom. The van der Waals surface area contributed by atoms with Crippen LogP contribution < -0.4 is 0 Å². The van der Waals surface area contributed by atoms with Crippen molar-refractivity contribution in [2.75, 3.05) is 6.61 Å². The van der Waals surface area contributed by atoms with Gasteiger partial charge in [0.2, 0.25) is 0 Å². The lowest BCUT2D eigenvalue weighted by Crippen LogP contribution is -2.24. The number of hydrogen-bond acceptors (Lipinski definition) is 5. The first-order valence-corrected chi connectivity index (χ1v) is 11.2. The fourth-order valence-corrected chi connectivity index (χ4v) is 4.38. The molecule has 1 saturated carbocycles. The summed E-state index contributed by atoms with van der Waals surface area (Å²) in [5.41, 5.74) is 0. The predicted molar refractivity (Wildman–Crippen MR) is 107 cm³/mol. The Hall–Kier alpha value is -0.650. The van der Waals surface area contributed by atoms with E-state index in [2.05, 4.69) is 6.92 Å². The largest absolute Gasteiger partial charge is 0.466 e. The van der Waals surface area contributed by atoms with Crippen LogP contribution in [0.15, 0.2) is 0 Å². The van der Waals surface area contributed by atoms with E-state index in [1.807, 2.05) is 6.92 Å². The van der Waals surface area contributed by atoms with Crippen LogP contribution in [0.2, 0.25) is 0 Å². The van der Waals surface area contributed by atoms with Crippen molar-refractivity contribution in [3.8, 4) is 0 Å². The van der Waals surface area contributed by atoms with Crippen LogP contribution >= 0.6 is 0 Å². The minimum absolute atomic E-state index is 0.0976. The molecule has 27 heavy (non-hydrogen) atoms. The van der Waals surface area contributed by atoms with Crippen molar-refractivity contribution in [2.45, 2.75) is 116 Å². The molecule has 0 aromatic rings. The Bertz CT molecular complexity index is 387. The van der Waals surface area contributed by atoms with Crippen LogP contribution in [0.1, 0.15) is 97.3 Å². The molecule has 1 fully saturated rings. The maximum absolute atomic E-state index is 11.3. The topological polar surface area (TPSA) is 87.0 Å². The van der Waals surface area contributed by atoms with Crippen molar-refractivity contribution in [3.05, 3.63) is 0 Å². The van der Waals surface area contributed by atoms with Gasteiger partial charge in [-0.05, 0) is 57.3 Å². The van der Waals surface area contributed by atoms with Gasteiger partial charge >= 0.3 is 5.97 Å². The number of ether oxygens (including phenoxy) is 1. The lowest BCUT2D eigenvalue weighted by atomic mass is 9.84. The first kappa shape index (κ1) is 24.4. The molecule has 160 valence electrons. The number of aliphatic hydroxyl groups excluding tert-OH is 3. The number of esters is 1. The monoisotopic (exact) mass is 386 g/mol. The fraction of sp³-hybridized carbons (Fsp3) is 0.955. The highest BCUT2D eigenvalue weighted by Gasteiger charge is 2.40. The molecule has 0 saturated heterocycles. The standard InChI is InChI=1S/C22H42O5/c1-3-5-8-11-17(23)14-15-19-18(20(24)16-21(19)25)12-9-6-7-10-13-22(26)27-4-2/h17-21,23-25H,3-16H2,1-2H3. The Labute approximate surface area is 165 Å². The van der Waals surface area contributed by atoms with Gasteiger partial charge in [0.15, 0.2) is 0 Å². The van der Waals surface area contributed by atoms with Crippen LogP contribution in [-0.2, 0) is 9.53 Å². The zero-order valence-electron chi connectivity index (χ0n) is 17.4. The Morgan fingerprint density at radius 1 is 0.926 bits per heavy atom. The molecule has 0 heterocycles. The second kappa shape index (κ2) is 14.4. The van der Waals surface area contributed by atoms with Crippen LogP contribution in [0.4, 0.5) is 0 Å². The molecule has 0 aliphatic heterocycles. The van der Waals surface area contributed by atoms with Gasteiger partial charge in [0, 0.05) is 6.42 Å². The van der Waals surface area contributed by atoms with E-state index in [9.17, 15) is 20.1 Å².